The number of carbonyl (C=O) groups excluding carboxylic acids is 1. The Bertz CT molecular complexity index is 1310. The summed E-state index contributed by atoms with van der Waals surface area (Å²) in [6.07, 6.45) is 2.46. The molecule has 0 bridgehead atoms. The molecule has 2 heterocycles. The molecule has 206 valence electrons. The lowest BCUT2D eigenvalue weighted by Crippen LogP contribution is -2.53. The molecule has 1 aromatic carbocycles. The number of nitrogens with two attached hydrogens (primary N) is 1. The van der Waals surface area contributed by atoms with E-state index in [0.717, 1.165) is 17.7 Å². The maximum absolute atomic E-state index is 11.6. The molecule has 1 fully saturated rings. The lowest BCUT2D eigenvalue weighted by Gasteiger charge is -2.38. The van der Waals surface area contributed by atoms with Crippen LogP contribution in [0.5, 0.6) is 0 Å². The first-order chi connectivity index (χ1) is 18.7. The van der Waals surface area contributed by atoms with Crippen molar-refractivity contribution >= 4 is 40.7 Å². The van der Waals surface area contributed by atoms with Crippen LogP contribution >= 0.6 is 11.6 Å². The average Bonchev–Trinajstić information content (AvgIpc) is 2.94. The van der Waals surface area contributed by atoms with Crippen molar-refractivity contribution in [3.05, 3.63) is 45.8 Å². The molecular weight excluding hydrogens is 516 g/mol. The second-order valence-corrected chi connectivity index (χ2v) is 9.55. The van der Waals surface area contributed by atoms with Gasteiger partial charge in [-0.2, -0.15) is 15.5 Å². The first-order valence-electron chi connectivity index (χ1n) is 12.9. The van der Waals surface area contributed by atoms with Crippen molar-refractivity contribution in [3.63, 3.8) is 0 Å². The van der Waals surface area contributed by atoms with Gasteiger partial charge in [-0.1, -0.05) is 24.6 Å². The third kappa shape index (κ3) is 6.51. The van der Waals surface area contributed by atoms with Crippen LogP contribution in [0, 0.1) is 22.7 Å². The maximum Gasteiger partial charge on any atom is 0.234 e. The second-order valence-electron chi connectivity index (χ2n) is 9.17. The van der Waals surface area contributed by atoms with E-state index in [1.165, 1.54) is 0 Å². The average molecular weight is 551 g/mol. The van der Waals surface area contributed by atoms with E-state index in [1.807, 2.05) is 25.7 Å². The van der Waals surface area contributed by atoms with Gasteiger partial charge in [0.15, 0.2) is 5.84 Å². The Hall–Kier alpha value is -4.06. The highest BCUT2D eigenvalue weighted by atomic mass is 35.5. The summed E-state index contributed by atoms with van der Waals surface area (Å²) < 4.78 is 0. The summed E-state index contributed by atoms with van der Waals surface area (Å²) in [5, 5.41) is 24.9. The number of rotatable bonds is 7. The third-order valence-electron chi connectivity index (χ3n) is 6.79. The van der Waals surface area contributed by atoms with E-state index < -0.39 is 0 Å². The van der Waals surface area contributed by atoms with Gasteiger partial charge in [-0.25, -0.2) is 5.01 Å². The minimum absolute atomic E-state index is 0.312. The van der Waals surface area contributed by atoms with Crippen LogP contribution in [-0.2, 0) is 4.79 Å². The fourth-order valence-corrected chi connectivity index (χ4v) is 4.66. The van der Waals surface area contributed by atoms with Gasteiger partial charge in [-0.05, 0) is 51.8 Å². The number of benzene rings is 1. The predicted octanol–water partition coefficient (Wildman–Crippen LogP) is 3.33. The zero-order chi connectivity index (χ0) is 28.7. The van der Waals surface area contributed by atoms with E-state index in [0.29, 0.717) is 72.2 Å². The van der Waals surface area contributed by atoms with Crippen LogP contribution in [0.1, 0.15) is 46.6 Å². The number of guanidine groups is 1. The molecule has 1 saturated heterocycles. The Balaban J connectivity index is 1.99. The Labute approximate surface area is 234 Å². The van der Waals surface area contributed by atoms with Crippen molar-refractivity contribution < 1.29 is 4.79 Å². The monoisotopic (exact) mass is 550 g/mol. The molecule has 0 aromatic heterocycles. The van der Waals surface area contributed by atoms with Gasteiger partial charge in [0, 0.05) is 32.7 Å². The quantitative estimate of drug-likeness (QED) is 0.438. The van der Waals surface area contributed by atoms with Crippen LogP contribution in [0.15, 0.2) is 45.2 Å². The van der Waals surface area contributed by atoms with Crippen molar-refractivity contribution in [2.45, 2.75) is 47.1 Å². The van der Waals surface area contributed by atoms with Gasteiger partial charge in [-0.15, -0.1) is 0 Å². The number of nitrogens with one attached hydrogen (secondary N) is 2. The van der Waals surface area contributed by atoms with Crippen LogP contribution < -0.4 is 21.4 Å². The Kier molecular flexibility index (Phi) is 9.94. The number of hydrazine groups is 1. The normalized spacial score (nSPS) is 19.5. The molecule has 4 N–H and O–H groups in total. The summed E-state index contributed by atoms with van der Waals surface area (Å²) in [6, 6.07) is 7.49. The standard InChI is InChI=1S/C27H35ClN10O/c1-6-17(4)24-26(32-8-3)34-27(35-38(24)20(7-2)16-30)33-21-13-19(15-29)14-22(23(21)28)37-11-9-36(10-12-37)18(5)25(31)39/h7,13-14,18H,6,8-12H2,1-5H3,(H2,31,39)(H2,32,33,34,35)/b20-7-,24-17+/t18-/m0/s1. The van der Waals surface area contributed by atoms with Gasteiger partial charge in [0.2, 0.25) is 11.9 Å². The van der Waals surface area contributed by atoms with Crippen molar-refractivity contribution in [1.29, 1.82) is 10.5 Å². The smallest absolute Gasteiger partial charge is 0.234 e. The number of amidine groups is 1. The highest BCUT2D eigenvalue weighted by molar-refractivity contribution is 6.36. The molecule has 2 aliphatic rings. The first-order valence-corrected chi connectivity index (χ1v) is 13.3. The van der Waals surface area contributed by atoms with E-state index in [-0.39, 0.29) is 11.9 Å². The van der Waals surface area contributed by atoms with Crippen LogP contribution in [0.25, 0.3) is 0 Å². The lowest BCUT2D eigenvalue weighted by atomic mass is 10.1. The highest BCUT2D eigenvalue weighted by Gasteiger charge is 2.29. The van der Waals surface area contributed by atoms with Crippen molar-refractivity contribution in [1.82, 2.24) is 15.3 Å². The number of nitrogens with zero attached hydrogens (tertiary/aromatic N) is 7. The summed E-state index contributed by atoms with van der Waals surface area (Å²) in [7, 11) is 0. The number of allylic oxidation sites excluding steroid dienone is 3. The number of nitriles is 2. The molecule has 39 heavy (non-hydrogen) atoms. The number of primary amides is 1. The number of hydrogen-bond donors (Lipinski definition) is 3. The molecule has 1 aromatic rings. The molecule has 12 heteroatoms. The van der Waals surface area contributed by atoms with E-state index in [2.05, 4.69) is 32.8 Å². The van der Waals surface area contributed by atoms with Crippen LogP contribution in [0.4, 0.5) is 11.4 Å². The zero-order valence-corrected chi connectivity index (χ0v) is 23.8. The molecule has 3 rings (SSSR count). The topological polar surface area (TPSA) is 149 Å². The number of anilines is 2. The summed E-state index contributed by atoms with van der Waals surface area (Å²) in [6.45, 7) is 12.5. The number of halogens is 1. The summed E-state index contributed by atoms with van der Waals surface area (Å²) in [4.78, 5) is 25.0. The fourth-order valence-electron chi connectivity index (χ4n) is 4.39. The van der Waals surface area contributed by atoms with Gasteiger partial charge in [0.25, 0.3) is 0 Å². The number of aliphatic imine (C=N–C) groups is 2. The first kappa shape index (κ1) is 29.5. The fraction of sp³-hybridized carbons (Fsp3) is 0.444. The predicted molar refractivity (Wildman–Crippen MR) is 155 cm³/mol. The Morgan fingerprint density at radius 1 is 1.31 bits per heavy atom. The third-order valence-corrected chi connectivity index (χ3v) is 7.19. The van der Waals surface area contributed by atoms with Crippen LogP contribution in [0.2, 0.25) is 5.02 Å². The summed E-state index contributed by atoms with van der Waals surface area (Å²) in [5.41, 5.74) is 12.4. The zero-order valence-electron chi connectivity index (χ0n) is 23.0. The minimum atomic E-state index is -0.357. The van der Waals surface area contributed by atoms with E-state index in [9.17, 15) is 15.3 Å². The molecular formula is C27H35ClN10O. The van der Waals surface area contributed by atoms with E-state index >= 15 is 0 Å². The Morgan fingerprint density at radius 3 is 2.54 bits per heavy atom. The second kappa shape index (κ2) is 13.1. The van der Waals surface area contributed by atoms with Crippen molar-refractivity contribution in [3.8, 4) is 12.1 Å². The molecule has 2 aliphatic heterocycles. The van der Waals surface area contributed by atoms with Crippen LogP contribution in [0.3, 0.4) is 0 Å². The SMILES string of the molecule is C/C=C(/C#N)N1NC(Nc2cc(C#N)cc(N3CCN([C@@H](C)C(N)=O)CC3)c2Cl)=NC(=NCC)/C1=C(/C)CC. The molecule has 0 aliphatic carbocycles. The van der Waals surface area contributed by atoms with Gasteiger partial charge >= 0.3 is 0 Å². The molecule has 0 radical (unpaired) electrons. The number of carbonyl (C=O) groups is 1. The molecule has 1 amide bonds. The molecule has 1 atom stereocenters. The minimum Gasteiger partial charge on any atom is -0.368 e. The van der Waals surface area contributed by atoms with Crippen molar-refractivity contribution in [2.24, 2.45) is 15.7 Å². The number of amides is 1. The van der Waals surface area contributed by atoms with Gasteiger partial charge < -0.3 is 16.0 Å². The van der Waals surface area contributed by atoms with E-state index in [1.54, 1.807) is 37.1 Å². The lowest BCUT2D eigenvalue weighted by molar-refractivity contribution is -0.122. The van der Waals surface area contributed by atoms with E-state index in [4.69, 9.17) is 22.3 Å². The number of piperazine rings is 1. The largest absolute Gasteiger partial charge is 0.368 e. The van der Waals surface area contributed by atoms with Gasteiger partial charge in [0.1, 0.15) is 17.5 Å². The van der Waals surface area contributed by atoms with Crippen LogP contribution in [-0.4, -0.2) is 66.4 Å². The molecule has 0 spiro atoms. The van der Waals surface area contributed by atoms with Gasteiger partial charge in [-0.3, -0.25) is 20.1 Å². The summed E-state index contributed by atoms with van der Waals surface area (Å²) in [5.74, 6) is 0.442. The highest BCUT2D eigenvalue weighted by Crippen LogP contribution is 2.35. The molecule has 0 saturated carbocycles. The van der Waals surface area contributed by atoms with Crippen molar-refractivity contribution in [2.75, 3.05) is 42.9 Å². The summed E-state index contributed by atoms with van der Waals surface area (Å²) >= 11 is 6.89. The molecule has 11 nitrogen and oxygen atoms in total. The van der Waals surface area contributed by atoms with Gasteiger partial charge in [0.05, 0.1) is 34.1 Å². The number of hydrogen-bond acceptors (Lipinski definition) is 9. The molecule has 0 unspecified atom stereocenters. The Morgan fingerprint density at radius 2 is 2.00 bits per heavy atom. The maximum atomic E-state index is 11.6.